The summed E-state index contributed by atoms with van der Waals surface area (Å²) in [5.74, 6) is -0.282. The van der Waals surface area contributed by atoms with Gasteiger partial charge in [0.05, 0.1) is 0 Å². The van der Waals surface area contributed by atoms with Crippen LogP contribution >= 0.6 is 12.2 Å². The van der Waals surface area contributed by atoms with Crippen molar-refractivity contribution in [1.82, 2.24) is 4.90 Å². The molecular weight excluding hydrogens is 259 g/mol. The van der Waals surface area contributed by atoms with Crippen molar-refractivity contribution in [2.75, 3.05) is 6.54 Å². The maximum Gasteiger partial charge on any atom is 0.123 e. The highest BCUT2D eigenvalue weighted by Crippen LogP contribution is 2.25. The Bertz CT molecular complexity index is 455. The van der Waals surface area contributed by atoms with E-state index in [1.54, 1.807) is 6.07 Å². The molecule has 2 N–H and O–H groups in total. The molecule has 0 amide bonds. The summed E-state index contributed by atoms with van der Waals surface area (Å²) in [5.41, 5.74) is 7.40. The van der Waals surface area contributed by atoms with E-state index < -0.39 is 0 Å². The number of hydrogen-bond acceptors (Lipinski definition) is 2. The van der Waals surface area contributed by atoms with E-state index in [0.717, 1.165) is 18.7 Å². The van der Waals surface area contributed by atoms with Crippen LogP contribution in [0.3, 0.4) is 0 Å². The van der Waals surface area contributed by atoms with E-state index in [-0.39, 0.29) is 10.8 Å². The third-order valence-corrected chi connectivity index (χ3v) is 4.18. The molecule has 4 heteroatoms. The number of halogens is 1. The van der Waals surface area contributed by atoms with Crippen molar-refractivity contribution in [2.24, 2.45) is 5.73 Å². The standard InChI is InChI=1S/C15H21FN2S/c1-2-18(13-5-3-4-6-13)10-11-7-8-12(16)9-14(11)15(17)19/h7-9,13H,2-6,10H2,1H3,(H2,17,19). The summed E-state index contributed by atoms with van der Waals surface area (Å²) in [6.45, 7) is 3.97. The van der Waals surface area contributed by atoms with Crippen molar-refractivity contribution in [2.45, 2.75) is 45.2 Å². The maximum absolute atomic E-state index is 13.3. The van der Waals surface area contributed by atoms with Gasteiger partial charge >= 0.3 is 0 Å². The summed E-state index contributed by atoms with van der Waals surface area (Å²) in [6.07, 6.45) is 5.15. The van der Waals surface area contributed by atoms with Crippen LogP contribution in [0, 0.1) is 5.82 Å². The summed E-state index contributed by atoms with van der Waals surface area (Å²) in [6, 6.07) is 5.38. The van der Waals surface area contributed by atoms with Crippen molar-refractivity contribution in [1.29, 1.82) is 0 Å². The molecule has 0 atom stereocenters. The highest BCUT2D eigenvalue weighted by atomic mass is 32.1. The Balaban J connectivity index is 2.18. The molecule has 0 radical (unpaired) electrons. The van der Waals surface area contributed by atoms with Gasteiger partial charge in [-0.3, -0.25) is 4.90 Å². The first kappa shape index (κ1) is 14.4. The molecule has 1 aliphatic carbocycles. The van der Waals surface area contributed by atoms with Crippen LogP contribution < -0.4 is 5.73 Å². The predicted molar refractivity (Wildman–Crippen MR) is 80.6 cm³/mol. The number of thiocarbonyl (C=S) groups is 1. The van der Waals surface area contributed by atoms with Crippen LogP contribution in [0.4, 0.5) is 4.39 Å². The quantitative estimate of drug-likeness (QED) is 0.840. The van der Waals surface area contributed by atoms with Gasteiger partial charge in [-0.05, 0) is 37.1 Å². The van der Waals surface area contributed by atoms with Gasteiger partial charge in [-0.25, -0.2) is 4.39 Å². The highest BCUT2D eigenvalue weighted by Gasteiger charge is 2.22. The van der Waals surface area contributed by atoms with Crippen LogP contribution in [0.25, 0.3) is 0 Å². The van der Waals surface area contributed by atoms with E-state index in [1.807, 2.05) is 0 Å². The molecule has 2 nitrogen and oxygen atoms in total. The molecule has 0 saturated heterocycles. The second-order valence-corrected chi connectivity index (χ2v) is 5.61. The Labute approximate surface area is 119 Å². The minimum atomic E-state index is -0.282. The average molecular weight is 280 g/mol. The fraction of sp³-hybridized carbons (Fsp3) is 0.533. The second-order valence-electron chi connectivity index (χ2n) is 5.17. The van der Waals surface area contributed by atoms with Crippen molar-refractivity contribution in [3.05, 3.63) is 35.1 Å². The van der Waals surface area contributed by atoms with Crippen LogP contribution in [0.1, 0.15) is 43.7 Å². The zero-order chi connectivity index (χ0) is 13.8. The van der Waals surface area contributed by atoms with Gasteiger partial charge in [0.25, 0.3) is 0 Å². The first-order chi connectivity index (χ1) is 9.11. The van der Waals surface area contributed by atoms with E-state index in [0.29, 0.717) is 11.6 Å². The largest absolute Gasteiger partial charge is 0.389 e. The number of nitrogens with zero attached hydrogens (tertiary/aromatic N) is 1. The first-order valence-electron chi connectivity index (χ1n) is 6.94. The Kier molecular flexibility index (Phi) is 4.88. The SMILES string of the molecule is CCN(Cc1ccc(F)cc1C(N)=S)C1CCCC1. The van der Waals surface area contributed by atoms with Gasteiger partial charge in [0.2, 0.25) is 0 Å². The lowest BCUT2D eigenvalue weighted by Crippen LogP contribution is -2.33. The van der Waals surface area contributed by atoms with E-state index in [9.17, 15) is 4.39 Å². The molecule has 1 aromatic rings. The molecule has 1 aliphatic rings. The molecule has 104 valence electrons. The van der Waals surface area contributed by atoms with Gasteiger partial charge in [0, 0.05) is 18.2 Å². The van der Waals surface area contributed by atoms with Crippen LogP contribution in [-0.2, 0) is 6.54 Å². The van der Waals surface area contributed by atoms with Gasteiger partial charge in [0.15, 0.2) is 0 Å². The van der Waals surface area contributed by atoms with Crippen molar-refractivity contribution in [3.8, 4) is 0 Å². The lowest BCUT2D eigenvalue weighted by Gasteiger charge is -2.28. The third-order valence-electron chi connectivity index (χ3n) is 3.96. The normalized spacial score (nSPS) is 16.2. The lowest BCUT2D eigenvalue weighted by atomic mass is 10.1. The molecule has 1 saturated carbocycles. The lowest BCUT2D eigenvalue weighted by molar-refractivity contribution is 0.200. The molecule has 19 heavy (non-hydrogen) atoms. The summed E-state index contributed by atoms with van der Waals surface area (Å²) in [7, 11) is 0. The van der Waals surface area contributed by atoms with E-state index in [2.05, 4.69) is 11.8 Å². The molecule has 2 rings (SSSR count). The van der Waals surface area contributed by atoms with Crippen LogP contribution in [0.15, 0.2) is 18.2 Å². The molecule has 0 aliphatic heterocycles. The number of nitrogens with two attached hydrogens (primary N) is 1. The first-order valence-corrected chi connectivity index (χ1v) is 7.35. The van der Waals surface area contributed by atoms with Crippen molar-refractivity contribution >= 4 is 17.2 Å². The van der Waals surface area contributed by atoms with E-state index in [1.165, 1.54) is 37.8 Å². The van der Waals surface area contributed by atoms with Gasteiger partial charge in [-0.1, -0.05) is 38.0 Å². The molecule has 0 unspecified atom stereocenters. The smallest absolute Gasteiger partial charge is 0.123 e. The fourth-order valence-corrected chi connectivity index (χ4v) is 3.09. The molecule has 0 bridgehead atoms. The second kappa shape index (κ2) is 6.44. The maximum atomic E-state index is 13.3. The minimum absolute atomic E-state index is 0.275. The number of hydrogen-bond donors (Lipinski definition) is 1. The van der Waals surface area contributed by atoms with Crippen LogP contribution in [-0.4, -0.2) is 22.5 Å². The predicted octanol–water partition coefficient (Wildman–Crippen LogP) is 3.22. The zero-order valence-electron chi connectivity index (χ0n) is 11.4. The monoisotopic (exact) mass is 280 g/mol. The highest BCUT2D eigenvalue weighted by molar-refractivity contribution is 7.80. The van der Waals surface area contributed by atoms with Crippen molar-refractivity contribution in [3.63, 3.8) is 0 Å². The third kappa shape index (κ3) is 3.51. The fourth-order valence-electron chi connectivity index (χ4n) is 2.90. The molecule has 0 aromatic heterocycles. The van der Waals surface area contributed by atoms with Gasteiger partial charge in [0.1, 0.15) is 10.8 Å². The number of rotatable bonds is 5. The molecule has 1 fully saturated rings. The van der Waals surface area contributed by atoms with Gasteiger partial charge in [-0.15, -0.1) is 0 Å². The van der Waals surface area contributed by atoms with Crippen LogP contribution in [0.2, 0.25) is 0 Å². The Morgan fingerprint density at radius 3 is 2.68 bits per heavy atom. The minimum Gasteiger partial charge on any atom is -0.389 e. The Morgan fingerprint density at radius 2 is 2.11 bits per heavy atom. The number of benzene rings is 1. The van der Waals surface area contributed by atoms with E-state index in [4.69, 9.17) is 18.0 Å². The molecular formula is C15H21FN2S. The molecule has 1 aromatic carbocycles. The van der Waals surface area contributed by atoms with Gasteiger partial charge < -0.3 is 5.73 Å². The Morgan fingerprint density at radius 1 is 1.42 bits per heavy atom. The zero-order valence-corrected chi connectivity index (χ0v) is 12.2. The summed E-state index contributed by atoms with van der Waals surface area (Å²) in [4.78, 5) is 2.72. The van der Waals surface area contributed by atoms with Crippen LogP contribution in [0.5, 0.6) is 0 Å². The van der Waals surface area contributed by atoms with E-state index >= 15 is 0 Å². The van der Waals surface area contributed by atoms with Crippen molar-refractivity contribution < 1.29 is 4.39 Å². The molecule has 0 spiro atoms. The Hall–Kier alpha value is -1.00. The summed E-state index contributed by atoms with van der Waals surface area (Å²) in [5, 5.41) is 0. The summed E-state index contributed by atoms with van der Waals surface area (Å²) < 4.78 is 13.3. The summed E-state index contributed by atoms with van der Waals surface area (Å²) >= 11 is 5.03. The van der Waals surface area contributed by atoms with Gasteiger partial charge in [-0.2, -0.15) is 0 Å². The average Bonchev–Trinajstić information content (AvgIpc) is 2.90. The topological polar surface area (TPSA) is 29.3 Å². The molecule has 0 heterocycles.